The Kier molecular flexibility index (Phi) is 5.53. The van der Waals surface area contributed by atoms with Crippen LogP contribution in [-0.4, -0.2) is 33.7 Å². The van der Waals surface area contributed by atoms with Gasteiger partial charge in [-0.2, -0.15) is 5.10 Å². The molecule has 1 aromatic carbocycles. The summed E-state index contributed by atoms with van der Waals surface area (Å²) in [4.78, 5) is 14.8. The van der Waals surface area contributed by atoms with E-state index in [0.717, 1.165) is 23.6 Å². The van der Waals surface area contributed by atoms with Crippen molar-refractivity contribution in [1.29, 1.82) is 0 Å². The van der Waals surface area contributed by atoms with Crippen molar-refractivity contribution in [3.8, 4) is 0 Å². The Hall–Kier alpha value is -2.14. The zero-order valence-corrected chi connectivity index (χ0v) is 15.5. The molecule has 1 aliphatic rings. The molecule has 5 nitrogen and oxygen atoms in total. The van der Waals surface area contributed by atoms with E-state index in [1.165, 1.54) is 31.5 Å². The molecule has 0 radical (unpaired) electrons. The Morgan fingerprint density at radius 2 is 1.88 bits per heavy atom. The number of hydrogen-bond acceptors (Lipinski definition) is 3. The summed E-state index contributed by atoms with van der Waals surface area (Å²) in [6.07, 6.45) is 3.03. The number of hydrogen-bond donors (Lipinski definition) is 1. The van der Waals surface area contributed by atoms with Gasteiger partial charge in [0.1, 0.15) is 0 Å². The largest absolute Gasteiger partial charge is 0.326 e. The lowest BCUT2D eigenvalue weighted by Gasteiger charge is -2.16. The van der Waals surface area contributed by atoms with Crippen molar-refractivity contribution in [1.82, 2.24) is 14.7 Å². The van der Waals surface area contributed by atoms with Crippen LogP contribution in [0.15, 0.2) is 30.3 Å². The van der Waals surface area contributed by atoms with Crippen LogP contribution in [0.5, 0.6) is 0 Å². The maximum absolute atomic E-state index is 12.3. The number of aromatic nitrogens is 2. The molecule has 0 aliphatic carbocycles. The van der Waals surface area contributed by atoms with Crippen molar-refractivity contribution < 1.29 is 4.79 Å². The van der Waals surface area contributed by atoms with E-state index in [-0.39, 0.29) is 11.9 Å². The standard InChI is InChI=1S/C20H28N4O/c1-15-12-16(2)24(22-15)17(3)13-20(25)21-19-8-6-18(7-9-19)14-23-10-4-5-11-23/h6-9,12,17H,4-5,10-11,13-14H2,1-3H3,(H,21,25)/t17-/m1/s1. The van der Waals surface area contributed by atoms with Crippen LogP contribution in [0.4, 0.5) is 5.69 Å². The van der Waals surface area contributed by atoms with Crippen LogP contribution in [0.3, 0.4) is 0 Å². The third kappa shape index (κ3) is 4.69. The molecule has 1 amide bonds. The lowest BCUT2D eigenvalue weighted by atomic mass is 10.2. The quantitative estimate of drug-likeness (QED) is 0.872. The minimum atomic E-state index is 0.0207. The second kappa shape index (κ2) is 7.83. The average molecular weight is 340 g/mol. The van der Waals surface area contributed by atoms with Crippen LogP contribution in [-0.2, 0) is 11.3 Å². The number of aryl methyl sites for hydroxylation is 2. The van der Waals surface area contributed by atoms with Gasteiger partial charge in [0, 0.05) is 24.3 Å². The number of rotatable bonds is 6. The van der Waals surface area contributed by atoms with E-state index < -0.39 is 0 Å². The number of anilines is 1. The summed E-state index contributed by atoms with van der Waals surface area (Å²) in [7, 11) is 0. The highest BCUT2D eigenvalue weighted by atomic mass is 16.1. The predicted octanol–water partition coefficient (Wildman–Crippen LogP) is 3.69. The molecule has 1 N–H and O–H groups in total. The molecular formula is C20H28N4O. The SMILES string of the molecule is Cc1cc(C)n([C@H](C)CC(=O)Nc2ccc(CN3CCCC3)cc2)n1. The summed E-state index contributed by atoms with van der Waals surface area (Å²) in [6.45, 7) is 9.42. The van der Waals surface area contributed by atoms with Crippen LogP contribution in [0.2, 0.25) is 0 Å². The second-order valence-electron chi connectivity index (χ2n) is 7.15. The molecule has 25 heavy (non-hydrogen) atoms. The van der Waals surface area contributed by atoms with Crippen molar-refractivity contribution in [2.75, 3.05) is 18.4 Å². The monoisotopic (exact) mass is 340 g/mol. The lowest BCUT2D eigenvalue weighted by Crippen LogP contribution is -2.19. The third-order valence-electron chi connectivity index (χ3n) is 4.79. The van der Waals surface area contributed by atoms with E-state index in [4.69, 9.17) is 0 Å². The third-order valence-corrected chi connectivity index (χ3v) is 4.79. The number of nitrogens with zero attached hydrogens (tertiary/aromatic N) is 3. The van der Waals surface area contributed by atoms with Crippen molar-refractivity contribution >= 4 is 11.6 Å². The number of carbonyl (C=O) groups excluding carboxylic acids is 1. The highest BCUT2D eigenvalue weighted by Gasteiger charge is 2.15. The van der Waals surface area contributed by atoms with E-state index in [1.807, 2.05) is 43.7 Å². The lowest BCUT2D eigenvalue weighted by molar-refractivity contribution is -0.116. The summed E-state index contributed by atoms with van der Waals surface area (Å²) in [6, 6.07) is 10.3. The Bertz CT molecular complexity index is 714. The molecule has 2 heterocycles. The van der Waals surface area contributed by atoms with Gasteiger partial charge in [-0.3, -0.25) is 14.4 Å². The minimum absolute atomic E-state index is 0.0207. The molecule has 1 saturated heterocycles. The van der Waals surface area contributed by atoms with Gasteiger partial charge in [-0.15, -0.1) is 0 Å². The maximum Gasteiger partial charge on any atom is 0.226 e. The van der Waals surface area contributed by atoms with Crippen LogP contribution < -0.4 is 5.32 Å². The van der Waals surface area contributed by atoms with Gasteiger partial charge >= 0.3 is 0 Å². The zero-order chi connectivity index (χ0) is 17.8. The highest BCUT2D eigenvalue weighted by molar-refractivity contribution is 5.90. The fraction of sp³-hybridized carbons (Fsp3) is 0.500. The average Bonchev–Trinajstić information content (AvgIpc) is 3.18. The van der Waals surface area contributed by atoms with Gasteiger partial charge in [-0.1, -0.05) is 12.1 Å². The topological polar surface area (TPSA) is 50.2 Å². The van der Waals surface area contributed by atoms with Gasteiger partial charge in [-0.05, 0) is 70.5 Å². The first kappa shape index (κ1) is 17.7. The summed E-state index contributed by atoms with van der Waals surface area (Å²) < 4.78 is 1.92. The molecule has 0 spiro atoms. The molecular weight excluding hydrogens is 312 g/mol. The first-order valence-electron chi connectivity index (χ1n) is 9.15. The van der Waals surface area contributed by atoms with Gasteiger partial charge in [-0.25, -0.2) is 0 Å². The normalized spacial score (nSPS) is 16.1. The molecule has 2 aromatic rings. The predicted molar refractivity (Wildman–Crippen MR) is 101 cm³/mol. The van der Waals surface area contributed by atoms with E-state index in [2.05, 4.69) is 27.4 Å². The molecule has 0 unspecified atom stereocenters. The zero-order valence-electron chi connectivity index (χ0n) is 15.5. The van der Waals surface area contributed by atoms with E-state index >= 15 is 0 Å². The Morgan fingerprint density at radius 3 is 2.48 bits per heavy atom. The smallest absolute Gasteiger partial charge is 0.226 e. The van der Waals surface area contributed by atoms with E-state index in [1.54, 1.807) is 0 Å². The number of benzene rings is 1. The summed E-state index contributed by atoms with van der Waals surface area (Å²) in [5, 5.41) is 7.46. The summed E-state index contributed by atoms with van der Waals surface area (Å²) in [5.41, 5.74) is 4.23. The summed E-state index contributed by atoms with van der Waals surface area (Å²) >= 11 is 0. The van der Waals surface area contributed by atoms with Crippen LogP contribution in [0, 0.1) is 13.8 Å². The highest BCUT2D eigenvalue weighted by Crippen LogP contribution is 2.18. The molecule has 134 valence electrons. The number of amides is 1. The number of likely N-dealkylation sites (tertiary alicyclic amines) is 1. The fourth-order valence-corrected chi connectivity index (χ4v) is 3.55. The van der Waals surface area contributed by atoms with E-state index in [9.17, 15) is 4.79 Å². The van der Waals surface area contributed by atoms with Crippen molar-refractivity contribution in [2.45, 2.75) is 52.6 Å². The van der Waals surface area contributed by atoms with Crippen molar-refractivity contribution in [3.63, 3.8) is 0 Å². The molecule has 1 atom stereocenters. The second-order valence-corrected chi connectivity index (χ2v) is 7.15. The minimum Gasteiger partial charge on any atom is -0.326 e. The van der Waals surface area contributed by atoms with Crippen LogP contribution in [0.1, 0.15) is 49.2 Å². The Balaban J connectivity index is 1.52. The molecule has 1 fully saturated rings. The van der Waals surface area contributed by atoms with Gasteiger partial charge < -0.3 is 5.32 Å². The Morgan fingerprint density at radius 1 is 1.20 bits per heavy atom. The van der Waals surface area contributed by atoms with Crippen molar-refractivity contribution in [2.24, 2.45) is 0 Å². The molecule has 0 saturated carbocycles. The van der Waals surface area contributed by atoms with Gasteiger partial charge in [0.15, 0.2) is 0 Å². The molecule has 1 aliphatic heterocycles. The fourth-order valence-electron chi connectivity index (χ4n) is 3.55. The Labute approximate surface area is 150 Å². The number of carbonyl (C=O) groups is 1. The van der Waals surface area contributed by atoms with Crippen LogP contribution in [0.25, 0.3) is 0 Å². The molecule has 5 heteroatoms. The van der Waals surface area contributed by atoms with Crippen LogP contribution >= 0.6 is 0 Å². The summed E-state index contributed by atoms with van der Waals surface area (Å²) in [5.74, 6) is 0.0207. The van der Waals surface area contributed by atoms with E-state index in [0.29, 0.717) is 6.42 Å². The first-order valence-corrected chi connectivity index (χ1v) is 9.15. The number of nitrogens with one attached hydrogen (secondary N) is 1. The van der Waals surface area contributed by atoms with Gasteiger partial charge in [0.25, 0.3) is 0 Å². The molecule has 1 aromatic heterocycles. The van der Waals surface area contributed by atoms with Gasteiger partial charge in [0.2, 0.25) is 5.91 Å². The maximum atomic E-state index is 12.3. The first-order chi connectivity index (χ1) is 12.0. The molecule has 0 bridgehead atoms. The van der Waals surface area contributed by atoms with Gasteiger partial charge in [0.05, 0.1) is 11.7 Å². The van der Waals surface area contributed by atoms with Crippen molar-refractivity contribution in [3.05, 3.63) is 47.3 Å². The molecule has 3 rings (SSSR count).